The highest BCUT2D eigenvalue weighted by atomic mass is 16.6. The lowest BCUT2D eigenvalue weighted by atomic mass is 9.80. The third-order valence-corrected chi connectivity index (χ3v) is 5.98. The summed E-state index contributed by atoms with van der Waals surface area (Å²) in [6, 6.07) is 0.680. The predicted octanol–water partition coefficient (Wildman–Crippen LogP) is 2.14. The van der Waals surface area contributed by atoms with Crippen LogP contribution >= 0.6 is 0 Å². The van der Waals surface area contributed by atoms with Crippen molar-refractivity contribution in [1.29, 1.82) is 0 Å². The second-order valence-electron chi connectivity index (χ2n) is 7.18. The van der Waals surface area contributed by atoms with Gasteiger partial charge in [0.25, 0.3) is 0 Å². The molecule has 4 rings (SSSR count). The van der Waals surface area contributed by atoms with E-state index in [0.717, 1.165) is 12.0 Å². The van der Waals surface area contributed by atoms with Crippen molar-refractivity contribution in [3.05, 3.63) is 11.6 Å². The average Bonchev–Trinajstić information content (AvgIpc) is 3.08. The molecule has 4 aliphatic heterocycles. The van der Waals surface area contributed by atoms with Gasteiger partial charge in [0.1, 0.15) is 12.2 Å². The first-order valence-electron chi connectivity index (χ1n) is 8.44. The maximum atomic E-state index is 11.6. The molecule has 0 spiro atoms. The molecule has 0 aromatic rings. The van der Waals surface area contributed by atoms with Crippen molar-refractivity contribution in [2.45, 2.75) is 63.9 Å². The van der Waals surface area contributed by atoms with Crippen LogP contribution in [-0.4, -0.2) is 48.3 Å². The Kier molecular flexibility index (Phi) is 3.34. The lowest BCUT2D eigenvalue weighted by Crippen LogP contribution is -2.40. The SMILES string of the molecule is CC1=CC(C2OC3CCCN4CCCC4C3C2C)OC1=O. The standard InChI is InChI=1S/C17H25NO3/c1-10-9-14(21-17(10)19)16-11(2)15-12-5-3-7-18(12)8-4-6-13(15)20-16/h9,11-16H,3-8H2,1-2H3. The maximum absolute atomic E-state index is 11.6. The predicted molar refractivity (Wildman–Crippen MR) is 78.8 cm³/mol. The molecule has 3 saturated heterocycles. The fraction of sp³-hybridized carbons (Fsp3) is 0.824. The van der Waals surface area contributed by atoms with Crippen LogP contribution in [0.15, 0.2) is 11.6 Å². The Balaban J connectivity index is 1.57. The number of rotatable bonds is 1. The van der Waals surface area contributed by atoms with Crippen LogP contribution in [0.2, 0.25) is 0 Å². The summed E-state index contributed by atoms with van der Waals surface area (Å²) in [7, 11) is 0. The first kappa shape index (κ1) is 13.8. The van der Waals surface area contributed by atoms with E-state index in [4.69, 9.17) is 9.47 Å². The summed E-state index contributed by atoms with van der Waals surface area (Å²) in [6.07, 6.45) is 7.20. The third-order valence-electron chi connectivity index (χ3n) is 5.98. The average molecular weight is 291 g/mol. The van der Waals surface area contributed by atoms with Crippen LogP contribution in [0.25, 0.3) is 0 Å². The second-order valence-corrected chi connectivity index (χ2v) is 7.18. The number of carbonyl (C=O) groups is 1. The van der Waals surface area contributed by atoms with Gasteiger partial charge in [0.05, 0.1) is 6.10 Å². The fourth-order valence-corrected chi connectivity index (χ4v) is 5.00. The van der Waals surface area contributed by atoms with E-state index in [0.29, 0.717) is 24.0 Å². The molecule has 4 heterocycles. The van der Waals surface area contributed by atoms with E-state index in [2.05, 4.69) is 11.8 Å². The number of esters is 1. The van der Waals surface area contributed by atoms with E-state index in [1.54, 1.807) is 0 Å². The molecule has 0 aromatic heterocycles. The van der Waals surface area contributed by atoms with Crippen molar-refractivity contribution >= 4 is 5.97 Å². The maximum Gasteiger partial charge on any atom is 0.334 e. The van der Waals surface area contributed by atoms with E-state index in [9.17, 15) is 4.79 Å². The highest BCUT2D eigenvalue weighted by Crippen LogP contribution is 2.45. The number of hydrogen-bond donors (Lipinski definition) is 0. The van der Waals surface area contributed by atoms with Crippen molar-refractivity contribution < 1.29 is 14.3 Å². The molecule has 116 valence electrons. The molecule has 4 heteroatoms. The molecule has 4 aliphatic rings. The Bertz CT molecular complexity index is 475. The summed E-state index contributed by atoms with van der Waals surface area (Å²) < 4.78 is 11.9. The largest absolute Gasteiger partial charge is 0.452 e. The summed E-state index contributed by atoms with van der Waals surface area (Å²) >= 11 is 0. The van der Waals surface area contributed by atoms with Crippen LogP contribution in [0.1, 0.15) is 39.5 Å². The van der Waals surface area contributed by atoms with Gasteiger partial charge in [0.2, 0.25) is 0 Å². The molecule has 3 fully saturated rings. The van der Waals surface area contributed by atoms with Crippen LogP contribution in [-0.2, 0) is 14.3 Å². The highest BCUT2D eigenvalue weighted by molar-refractivity contribution is 5.90. The Morgan fingerprint density at radius 1 is 1.24 bits per heavy atom. The van der Waals surface area contributed by atoms with Gasteiger partial charge in [-0.2, -0.15) is 0 Å². The molecule has 6 atom stereocenters. The van der Waals surface area contributed by atoms with Crippen LogP contribution in [0.3, 0.4) is 0 Å². The lowest BCUT2D eigenvalue weighted by Gasteiger charge is -2.31. The number of carbonyl (C=O) groups excluding carboxylic acids is 1. The fourth-order valence-electron chi connectivity index (χ4n) is 5.00. The van der Waals surface area contributed by atoms with Crippen LogP contribution in [0, 0.1) is 11.8 Å². The minimum Gasteiger partial charge on any atom is -0.452 e. The molecule has 21 heavy (non-hydrogen) atoms. The quantitative estimate of drug-likeness (QED) is 0.694. The van der Waals surface area contributed by atoms with Crippen LogP contribution in [0.4, 0.5) is 0 Å². The number of hydrogen-bond acceptors (Lipinski definition) is 4. The Morgan fingerprint density at radius 3 is 2.71 bits per heavy atom. The van der Waals surface area contributed by atoms with Crippen LogP contribution in [0.5, 0.6) is 0 Å². The zero-order valence-corrected chi connectivity index (χ0v) is 13.0. The van der Waals surface area contributed by atoms with E-state index in [1.807, 2.05) is 13.0 Å². The first-order chi connectivity index (χ1) is 10.1. The molecule has 0 bridgehead atoms. The van der Waals surface area contributed by atoms with Crippen molar-refractivity contribution in [3.8, 4) is 0 Å². The van der Waals surface area contributed by atoms with Gasteiger partial charge in [0, 0.05) is 17.5 Å². The molecular weight excluding hydrogens is 266 g/mol. The third kappa shape index (κ3) is 2.15. The molecule has 0 amide bonds. The molecule has 6 unspecified atom stereocenters. The zero-order valence-electron chi connectivity index (χ0n) is 13.0. The van der Waals surface area contributed by atoms with E-state index in [1.165, 1.54) is 32.4 Å². The molecule has 0 aliphatic carbocycles. The topological polar surface area (TPSA) is 38.8 Å². The van der Waals surface area contributed by atoms with Gasteiger partial charge in [-0.3, -0.25) is 4.90 Å². The summed E-state index contributed by atoms with van der Waals surface area (Å²) in [6.45, 7) is 6.61. The summed E-state index contributed by atoms with van der Waals surface area (Å²) in [5.74, 6) is 0.886. The summed E-state index contributed by atoms with van der Waals surface area (Å²) in [5, 5.41) is 0. The smallest absolute Gasteiger partial charge is 0.334 e. The van der Waals surface area contributed by atoms with Crippen molar-refractivity contribution in [1.82, 2.24) is 4.90 Å². The van der Waals surface area contributed by atoms with Gasteiger partial charge >= 0.3 is 5.97 Å². The number of ether oxygens (including phenoxy) is 2. The number of fused-ring (bicyclic) bond motifs is 3. The molecule has 0 aromatic carbocycles. The van der Waals surface area contributed by atoms with Gasteiger partial charge in [-0.05, 0) is 57.7 Å². The second kappa shape index (κ2) is 5.10. The lowest BCUT2D eigenvalue weighted by molar-refractivity contribution is -0.146. The highest BCUT2D eigenvalue weighted by Gasteiger charge is 2.52. The summed E-state index contributed by atoms with van der Waals surface area (Å²) in [5.41, 5.74) is 0.727. The Hall–Kier alpha value is -0.870. The van der Waals surface area contributed by atoms with Crippen molar-refractivity contribution in [2.24, 2.45) is 11.8 Å². The Morgan fingerprint density at radius 2 is 2.00 bits per heavy atom. The zero-order chi connectivity index (χ0) is 14.6. The monoisotopic (exact) mass is 291 g/mol. The van der Waals surface area contributed by atoms with Crippen molar-refractivity contribution in [3.63, 3.8) is 0 Å². The van der Waals surface area contributed by atoms with Crippen molar-refractivity contribution in [2.75, 3.05) is 13.1 Å². The minimum atomic E-state index is -0.176. The molecule has 4 nitrogen and oxygen atoms in total. The molecule has 0 N–H and O–H groups in total. The van der Waals surface area contributed by atoms with Crippen LogP contribution < -0.4 is 0 Å². The normalized spacial score (nSPS) is 46.8. The minimum absolute atomic E-state index is 0.0435. The summed E-state index contributed by atoms with van der Waals surface area (Å²) in [4.78, 5) is 14.3. The van der Waals surface area contributed by atoms with E-state index >= 15 is 0 Å². The first-order valence-corrected chi connectivity index (χ1v) is 8.44. The van der Waals surface area contributed by atoms with Gasteiger partial charge < -0.3 is 9.47 Å². The van der Waals surface area contributed by atoms with Gasteiger partial charge in [-0.1, -0.05) is 6.92 Å². The van der Waals surface area contributed by atoms with Gasteiger partial charge in [0.15, 0.2) is 0 Å². The molecular formula is C17H25NO3. The van der Waals surface area contributed by atoms with E-state index in [-0.39, 0.29) is 18.2 Å². The molecule has 0 radical (unpaired) electrons. The van der Waals surface area contributed by atoms with Gasteiger partial charge in [-0.15, -0.1) is 0 Å². The van der Waals surface area contributed by atoms with E-state index < -0.39 is 0 Å². The van der Waals surface area contributed by atoms with Gasteiger partial charge in [-0.25, -0.2) is 4.79 Å². The molecule has 0 saturated carbocycles. The Labute approximate surface area is 126 Å². The number of cyclic esters (lactones) is 1. The number of nitrogens with zero attached hydrogens (tertiary/aromatic N) is 1.